The Morgan fingerprint density at radius 2 is 1.92 bits per heavy atom. The number of hydrogen-bond donors (Lipinski definition) is 3. The molecule has 1 atom stereocenters. The summed E-state index contributed by atoms with van der Waals surface area (Å²) in [7, 11) is 0. The fourth-order valence-electron chi connectivity index (χ4n) is 2.78. The standard InChI is InChI=1S/C18H16N4O3S/c1-11-15(17(23)20-13-7-3-2-4-8-13)16(21-18(26)19-11)12-6-5-9-14(10-12)22(24)25/h2-10,16H,1H3,(H,20,23)(H2,19,21,26)/t16-/m1/s1. The third kappa shape index (κ3) is 3.70. The van der Waals surface area contributed by atoms with E-state index in [1.165, 1.54) is 12.1 Å². The summed E-state index contributed by atoms with van der Waals surface area (Å²) in [6.45, 7) is 1.75. The number of thiocarbonyl (C=S) groups is 1. The van der Waals surface area contributed by atoms with E-state index in [-0.39, 0.29) is 11.6 Å². The van der Waals surface area contributed by atoms with E-state index in [4.69, 9.17) is 12.2 Å². The number of non-ortho nitro benzene ring substituents is 1. The lowest BCUT2D eigenvalue weighted by atomic mass is 9.94. The summed E-state index contributed by atoms with van der Waals surface area (Å²) in [5.74, 6) is -0.312. The largest absolute Gasteiger partial charge is 0.351 e. The molecule has 0 saturated heterocycles. The van der Waals surface area contributed by atoms with E-state index in [0.29, 0.717) is 27.6 Å². The Morgan fingerprint density at radius 1 is 1.19 bits per heavy atom. The molecule has 0 bridgehead atoms. The molecule has 0 saturated carbocycles. The van der Waals surface area contributed by atoms with Gasteiger partial charge in [0, 0.05) is 23.5 Å². The maximum Gasteiger partial charge on any atom is 0.269 e. The second-order valence-corrected chi connectivity index (χ2v) is 6.15. The number of allylic oxidation sites excluding steroid dienone is 1. The van der Waals surface area contributed by atoms with Crippen LogP contribution in [0, 0.1) is 10.1 Å². The number of rotatable bonds is 4. The first-order valence-electron chi connectivity index (χ1n) is 7.85. The molecule has 0 radical (unpaired) electrons. The number of carbonyl (C=O) groups is 1. The number of amides is 1. The number of nitrogens with zero attached hydrogens (tertiary/aromatic N) is 1. The molecule has 26 heavy (non-hydrogen) atoms. The van der Waals surface area contributed by atoms with Crippen molar-refractivity contribution in [2.24, 2.45) is 0 Å². The fraction of sp³-hybridized carbons (Fsp3) is 0.111. The zero-order valence-corrected chi connectivity index (χ0v) is 14.7. The third-order valence-corrected chi connectivity index (χ3v) is 4.18. The minimum absolute atomic E-state index is 0.0470. The molecule has 0 unspecified atom stereocenters. The lowest BCUT2D eigenvalue weighted by Gasteiger charge is -2.30. The van der Waals surface area contributed by atoms with Crippen molar-refractivity contribution in [2.75, 3.05) is 5.32 Å². The second-order valence-electron chi connectivity index (χ2n) is 5.74. The Balaban J connectivity index is 1.98. The summed E-state index contributed by atoms with van der Waals surface area (Å²) in [5, 5.41) is 20.2. The highest BCUT2D eigenvalue weighted by Gasteiger charge is 2.30. The van der Waals surface area contributed by atoms with Crippen LogP contribution in [0.2, 0.25) is 0 Å². The molecule has 2 aromatic rings. The zero-order chi connectivity index (χ0) is 18.7. The molecule has 0 fully saturated rings. The molecule has 1 aliphatic heterocycles. The van der Waals surface area contributed by atoms with Crippen molar-refractivity contribution in [3.8, 4) is 0 Å². The van der Waals surface area contributed by atoms with Crippen LogP contribution in [0.5, 0.6) is 0 Å². The van der Waals surface area contributed by atoms with Gasteiger partial charge >= 0.3 is 0 Å². The van der Waals surface area contributed by atoms with Crippen molar-refractivity contribution < 1.29 is 9.72 Å². The Hall–Kier alpha value is -3.26. The van der Waals surface area contributed by atoms with Crippen molar-refractivity contribution in [1.29, 1.82) is 0 Å². The first kappa shape index (κ1) is 17.6. The zero-order valence-electron chi connectivity index (χ0n) is 13.9. The van der Waals surface area contributed by atoms with Gasteiger partial charge in [0.2, 0.25) is 0 Å². The van der Waals surface area contributed by atoms with E-state index in [0.717, 1.165) is 0 Å². The van der Waals surface area contributed by atoms with Crippen LogP contribution in [0.1, 0.15) is 18.5 Å². The predicted octanol–water partition coefficient (Wildman–Crippen LogP) is 3.03. The van der Waals surface area contributed by atoms with Crippen molar-refractivity contribution >= 4 is 34.6 Å². The van der Waals surface area contributed by atoms with Crippen molar-refractivity contribution in [1.82, 2.24) is 10.6 Å². The number of carbonyl (C=O) groups excluding carboxylic acids is 1. The number of hydrogen-bond acceptors (Lipinski definition) is 4. The van der Waals surface area contributed by atoms with Gasteiger partial charge in [-0.3, -0.25) is 14.9 Å². The monoisotopic (exact) mass is 368 g/mol. The van der Waals surface area contributed by atoms with Crippen molar-refractivity contribution in [3.63, 3.8) is 0 Å². The van der Waals surface area contributed by atoms with Crippen molar-refractivity contribution in [3.05, 3.63) is 81.5 Å². The minimum Gasteiger partial charge on any atom is -0.351 e. The van der Waals surface area contributed by atoms with Gasteiger partial charge in [-0.2, -0.15) is 0 Å². The lowest BCUT2D eigenvalue weighted by molar-refractivity contribution is -0.384. The summed E-state index contributed by atoms with van der Waals surface area (Å²) in [6.07, 6.45) is 0. The SMILES string of the molecule is CC1=C(C(=O)Nc2ccccc2)[C@@H](c2cccc([N+](=O)[O-])c2)NC(=S)N1. The summed E-state index contributed by atoms with van der Waals surface area (Å²) in [5.41, 5.74) is 2.21. The summed E-state index contributed by atoms with van der Waals surface area (Å²) in [4.78, 5) is 23.5. The van der Waals surface area contributed by atoms with Crippen LogP contribution in [0.25, 0.3) is 0 Å². The lowest BCUT2D eigenvalue weighted by Crippen LogP contribution is -2.45. The average Bonchev–Trinajstić information content (AvgIpc) is 2.61. The molecular formula is C18H16N4O3S. The van der Waals surface area contributed by atoms with Gasteiger partial charge in [0.15, 0.2) is 5.11 Å². The normalized spacial score (nSPS) is 16.5. The number of anilines is 1. The predicted molar refractivity (Wildman–Crippen MR) is 102 cm³/mol. The van der Waals surface area contributed by atoms with Gasteiger partial charge in [0.1, 0.15) is 0 Å². The molecule has 3 rings (SSSR count). The van der Waals surface area contributed by atoms with E-state index >= 15 is 0 Å². The van der Waals surface area contributed by atoms with Gasteiger partial charge < -0.3 is 16.0 Å². The number of para-hydroxylation sites is 1. The van der Waals surface area contributed by atoms with Gasteiger partial charge in [0.25, 0.3) is 11.6 Å². The molecule has 0 aromatic heterocycles. The maximum absolute atomic E-state index is 12.9. The van der Waals surface area contributed by atoms with Crippen LogP contribution in [0.4, 0.5) is 11.4 Å². The molecule has 8 heteroatoms. The molecule has 1 heterocycles. The number of nitrogens with one attached hydrogen (secondary N) is 3. The molecule has 0 aliphatic carbocycles. The van der Waals surface area contributed by atoms with Crippen molar-refractivity contribution in [2.45, 2.75) is 13.0 Å². The highest BCUT2D eigenvalue weighted by Crippen LogP contribution is 2.29. The Labute approximate surface area is 155 Å². The van der Waals surface area contributed by atoms with Crippen LogP contribution in [-0.4, -0.2) is 15.9 Å². The van der Waals surface area contributed by atoms with Crippen LogP contribution >= 0.6 is 12.2 Å². The van der Waals surface area contributed by atoms with Gasteiger partial charge in [-0.25, -0.2) is 0 Å². The average molecular weight is 368 g/mol. The Morgan fingerprint density at radius 3 is 2.62 bits per heavy atom. The quantitative estimate of drug-likeness (QED) is 0.436. The van der Waals surface area contributed by atoms with Gasteiger partial charge in [-0.1, -0.05) is 30.3 Å². The Kier molecular flexibility index (Phi) is 4.94. The molecule has 2 aromatic carbocycles. The fourth-order valence-corrected chi connectivity index (χ4v) is 3.05. The van der Waals surface area contributed by atoms with Gasteiger partial charge in [0.05, 0.1) is 16.5 Å². The number of nitro benzene ring substituents is 1. The molecular weight excluding hydrogens is 352 g/mol. The molecule has 0 spiro atoms. The summed E-state index contributed by atoms with van der Waals surface area (Å²) < 4.78 is 0. The summed E-state index contributed by atoms with van der Waals surface area (Å²) >= 11 is 5.19. The second kappa shape index (κ2) is 7.32. The number of benzene rings is 2. The van der Waals surface area contributed by atoms with E-state index in [9.17, 15) is 14.9 Å². The van der Waals surface area contributed by atoms with Crippen LogP contribution in [0.3, 0.4) is 0 Å². The minimum atomic E-state index is -0.590. The third-order valence-electron chi connectivity index (χ3n) is 3.96. The molecule has 3 N–H and O–H groups in total. The molecule has 7 nitrogen and oxygen atoms in total. The van der Waals surface area contributed by atoms with Crippen LogP contribution < -0.4 is 16.0 Å². The van der Waals surface area contributed by atoms with E-state index in [1.807, 2.05) is 18.2 Å². The van der Waals surface area contributed by atoms with E-state index in [1.54, 1.807) is 31.2 Å². The number of nitro groups is 1. The van der Waals surface area contributed by atoms with Gasteiger partial charge in [-0.15, -0.1) is 0 Å². The van der Waals surface area contributed by atoms with E-state index in [2.05, 4.69) is 16.0 Å². The molecule has 1 aliphatic rings. The Bertz CT molecular complexity index is 912. The first-order valence-corrected chi connectivity index (χ1v) is 8.25. The molecule has 132 valence electrons. The van der Waals surface area contributed by atoms with E-state index < -0.39 is 11.0 Å². The maximum atomic E-state index is 12.9. The highest BCUT2D eigenvalue weighted by molar-refractivity contribution is 7.80. The van der Waals surface area contributed by atoms with Crippen LogP contribution in [0.15, 0.2) is 65.9 Å². The highest BCUT2D eigenvalue weighted by atomic mass is 32.1. The van der Waals surface area contributed by atoms with Gasteiger partial charge in [-0.05, 0) is 36.8 Å². The first-order chi connectivity index (χ1) is 12.5. The summed E-state index contributed by atoms with van der Waals surface area (Å²) in [6, 6.07) is 14.6. The molecule has 1 amide bonds. The topological polar surface area (TPSA) is 96.3 Å². The van der Waals surface area contributed by atoms with Crippen LogP contribution in [-0.2, 0) is 4.79 Å². The smallest absolute Gasteiger partial charge is 0.269 e.